The predicted octanol–water partition coefficient (Wildman–Crippen LogP) is 2.27. The molecule has 92 valence electrons. The van der Waals surface area contributed by atoms with Crippen LogP contribution in [0.2, 0.25) is 5.02 Å². The highest BCUT2D eigenvalue weighted by Crippen LogP contribution is 2.17. The molecule has 2 N–H and O–H groups in total. The number of hydrogen-bond donors (Lipinski definition) is 2. The zero-order valence-electron chi connectivity index (χ0n) is 9.87. The van der Waals surface area contributed by atoms with E-state index in [4.69, 9.17) is 11.6 Å². The Bertz CT molecular complexity index is 391. The summed E-state index contributed by atoms with van der Waals surface area (Å²) in [5, 5.41) is 6.96. The highest BCUT2D eigenvalue weighted by atomic mass is 35.5. The van der Waals surface area contributed by atoms with Gasteiger partial charge in [0.25, 0.3) is 0 Å². The highest BCUT2D eigenvalue weighted by Gasteiger charge is 2.23. The molecule has 2 rings (SSSR count). The Morgan fingerprint density at radius 1 is 1.41 bits per heavy atom. The van der Waals surface area contributed by atoms with Gasteiger partial charge in [-0.25, -0.2) is 0 Å². The Morgan fingerprint density at radius 3 is 2.76 bits per heavy atom. The lowest BCUT2D eigenvalue weighted by molar-refractivity contribution is -0.124. The predicted molar refractivity (Wildman–Crippen MR) is 69.0 cm³/mol. The molecule has 17 heavy (non-hydrogen) atoms. The number of halogens is 1. The van der Waals surface area contributed by atoms with Gasteiger partial charge >= 0.3 is 0 Å². The van der Waals surface area contributed by atoms with E-state index in [1.165, 1.54) is 0 Å². The molecule has 1 heterocycles. The fraction of sp³-hybridized carbons (Fsp3) is 0.462. The molecule has 1 aliphatic heterocycles. The first-order valence-corrected chi connectivity index (χ1v) is 6.34. The summed E-state index contributed by atoms with van der Waals surface area (Å²) in [7, 11) is 0. The number of amides is 1. The molecule has 2 atom stereocenters. The van der Waals surface area contributed by atoms with E-state index >= 15 is 0 Å². The molecule has 0 aromatic heterocycles. The number of nitrogens with one attached hydrogen (secondary N) is 2. The van der Waals surface area contributed by atoms with E-state index in [-0.39, 0.29) is 18.0 Å². The third-order valence-corrected chi connectivity index (χ3v) is 3.36. The third kappa shape index (κ3) is 3.20. The van der Waals surface area contributed by atoms with Crippen LogP contribution in [0.1, 0.15) is 31.4 Å². The normalized spacial score (nSPS) is 22.0. The van der Waals surface area contributed by atoms with E-state index in [2.05, 4.69) is 17.6 Å². The average Bonchev–Trinajstić information content (AvgIpc) is 2.33. The lowest BCUT2D eigenvalue weighted by atomic mass is 10.0. The first-order valence-electron chi connectivity index (χ1n) is 5.96. The SMILES string of the molecule is CC(NC1CCCNC1=O)c1ccc(Cl)cc1. The Hall–Kier alpha value is -1.06. The second-order valence-corrected chi connectivity index (χ2v) is 4.86. The summed E-state index contributed by atoms with van der Waals surface area (Å²) in [6.07, 6.45) is 1.94. The van der Waals surface area contributed by atoms with Crippen molar-refractivity contribution in [3.05, 3.63) is 34.9 Å². The molecule has 3 nitrogen and oxygen atoms in total. The van der Waals surface area contributed by atoms with Crippen molar-refractivity contribution < 1.29 is 4.79 Å². The minimum atomic E-state index is -0.0746. The van der Waals surface area contributed by atoms with E-state index < -0.39 is 0 Å². The van der Waals surface area contributed by atoms with Gasteiger partial charge in [0.2, 0.25) is 5.91 Å². The largest absolute Gasteiger partial charge is 0.355 e. The summed E-state index contributed by atoms with van der Waals surface area (Å²) < 4.78 is 0. The maximum Gasteiger partial charge on any atom is 0.237 e. The molecule has 1 aromatic carbocycles. The molecule has 2 unspecified atom stereocenters. The van der Waals surface area contributed by atoms with E-state index in [9.17, 15) is 4.79 Å². The van der Waals surface area contributed by atoms with Gasteiger partial charge in [0, 0.05) is 17.6 Å². The van der Waals surface area contributed by atoms with Crippen molar-refractivity contribution in [3.63, 3.8) is 0 Å². The van der Waals surface area contributed by atoms with Crippen molar-refractivity contribution in [3.8, 4) is 0 Å². The van der Waals surface area contributed by atoms with Crippen LogP contribution in [0.3, 0.4) is 0 Å². The van der Waals surface area contributed by atoms with Gasteiger partial charge in [-0.15, -0.1) is 0 Å². The molecule has 0 spiro atoms. The van der Waals surface area contributed by atoms with Crippen molar-refractivity contribution in [2.45, 2.75) is 31.8 Å². The molecule has 0 saturated carbocycles. The van der Waals surface area contributed by atoms with Crippen LogP contribution >= 0.6 is 11.6 Å². The number of hydrogen-bond acceptors (Lipinski definition) is 2. The van der Waals surface area contributed by atoms with Gasteiger partial charge in [-0.1, -0.05) is 23.7 Å². The van der Waals surface area contributed by atoms with Gasteiger partial charge in [-0.3, -0.25) is 10.1 Å². The fourth-order valence-corrected chi connectivity index (χ4v) is 2.21. The third-order valence-electron chi connectivity index (χ3n) is 3.11. The van der Waals surface area contributed by atoms with Gasteiger partial charge in [-0.2, -0.15) is 0 Å². The van der Waals surface area contributed by atoms with E-state index in [0.29, 0.717) is 0 Å². The van der Waals surface area contributed by atoms with Crippen LogP contribution in [0.5, 0.6) is 0 Å². The molecule has 0 aliphatic carbocycles. The van der Waals surface area contributed by atoms with E-state index in [1.54, 1.807) is 0 Å². The Labute approximate surface area is 107 Å². The van der Waals surface area contributed by atoms with Crippen LogP contribution in [0.25, 0.3) is 0 Å². The average molecular weight is 253 g/mol. The summed E-state index contributed by atoms with van der Waals surface area (Å²) in [4.78, 5) is 11.6. The number of rotatable bonds is 3. The van der Waals surface area contributed by atoms with Gasteiger partial charge in [-0.05, 0) is 37.5 Å². The van der Waals surface area contributed by atoms with Crippen molar-refractivity contribution >= 4 is 17.5 Å². The van der Waals surface area contributed by atoms with Crippen LogP contribution in [-0.4, -0.2) is 18.5 Å². The summed E-state index contributed by atoms with van der Waals surface area (Å²) in [5.41, 5.74) is 1.15. The summed E-state index contributed by atoms with van der Waals surface area (Å²) in [5.74, 6) is 0.108. The second kappa shape index (κ2) is 5.52. The molecule has 1 aliphatic rings. The number of benzene rings is 1. The van der Waals surface area contributed by atoms with Crippen molar-refractivity contribution in [2.75, 3.05) is 6.54 Å². The molecule has 1 saturated heterocycles. The zero-order valence-corrected chi connectivity index (χ0v) is 10.6. The Kier molecular flexibility index (Phi) is 4.02. The van der Waals surface area contributed by atoms with Gasteiger partial charge < -0.3 is 5.32 Å². The maximum absolute atomic E-state index is 11.6. The first-order chi connectivity index (χ1) is 8.16. The van der Waals surface area contributed by atoms with Gasteiger partial charge in [0.05, 0.1) is 6.04 Å². The van der Waals surface area contributed by atoms with E-state index in [0.717, 1.165) is 30.0 Å². The highest BCUT2D eigenvalue weighted by molar-refractivity contribution is 6.30. The van der Waals surface area contributed by atoms with E-state index in [1.807, 2.05) is 24.3 Å². The molecule has 1 amide bonds. The van der Waals surface area contributed by atoms with Crippen LogP contribution in [0, 0.1) is 0 Å². The lowest BCUT2D eigenvalue weighted by Crippen LogP contribution is -2.48. The van der Waals surface area contributed by atoms with Crippen LogP contribution in [-0.2, 0) is 4.79 Å². The summed E-state index contributed by atoms with van der Waals surface area (Å²) in [6, 6.07) is 7.79. The smallest absolute Gasteiger partial charge is 0.237 e. The monoisotopic (exact) mass is 252 g/mol. The Balaban J connectivity index is 1.98. The molecule has 1 aromatic rings. The maximum atomic E-state index is 11.6. The van der Waals surface area contributed by atoms with Crippen LogP contribution in [0.15, 0.2) is 24.3 Å². The van der Waals surface area contributed by atoms with Crippen molar-refractivity contribution in [1.82, 2.24) is 10.6 Å². The molecule has 1 fully saturated rings. The number of piperidine rings is 1. The topological polar surface area (TPSA) is 41.1 Å². The number of carbonyl (C=O) groups is 1. The fourth-order valence-electron chi connectivity index (χ4n) is 2.08. The lowest BCUT2D eigenvalue weighted by Gasteiger charge is -2.26. The minimum absolute atomic E-state index is 0.0746. The van der Waals surface area contributed by atoms with Gasteiger partial charge in [0.1, 0.15) is 0 Å². The second-order valence-electron chi connectivity index (χ2n) is 4.43. The number of carbonyl (C=O) groups excluding carboxylic acids is 1. The first kappa shape index (κ1) is 12.4. The van der Waals surface area contributed by atoms with Crippen molar-refractivity contribution in [2.24, 2.45) is 0 Å². The Morgan fingerprint density at radius 2 is 2.12 bits per heavy atom. The molecular formula is C13H17ClN2O. The zero-order chi connectivity index (χ0) is 12.3. The standard InChI is InChI=1S/C13H17ClN2O/c1-9(10-4-6-11(14)7-5-10)16-12-3-2-8-15-13(12)17/h4-7,9,12,16H,2-3,8H2,1H3,(H,15,17). The molecule has 0 bridgehead atoms. The van der Waals surface area contributed by atoms with Gasteiger partial charge in [0.15, 0.2) is 0 Å². The van der Waals surface area contributed by atoms with Crippen molar-refractivity contribution in [1.29, 1.82) is 0 Å². The summed E-state index contributed by atoms with van der Waals surface area (Å²) in [6.45, 7) is 2.86. The van der Waals surface area contributed by atoms with Crippen LogP contribution in [0.4, 0.5) is 0 Å². The molecule has 4 heteroatoms. The molecular weight excluding hydrogens is 236 g/mol. The van der Waals surface area contributed by atoms with Crippen LogP contribution < -0.4 is 10.6 Å². The summed E-state index contributed by atoms with van der Waals surface area (Å²) >= 11 is 5.85. The minimum Gasteiger partial charge on any atom is -0.355 e. The quantitative estimate of drug-likeness (QED) is 0.867. The molecule has 0 radical (unpaired) electrons.